The van der Waals surface area contributed by atoms with Crippen LogP contribution in [0.5, 0.6) is 0 Å². The molecule has 10 heteroatoms. The quantitative estimate of drug-likeness (QED) is 0.667. The summed E-state index contributed by atoms with van der Waals surface area (Å²) in [7, 11) is 4.23. The third kappa shape index (κ3) is 2.92. The highest BCUT2D eigenvalue weighted by Gasteiger charge is 2.16. The molecule has 134 valence electrons. The summed E-state index contributed by atoms with van der Waals surface area (Å²) in [6, 6.07) is 6.47. The second-order valence-electron chi connectivity index (χ2n) is 5.85. The SMILES string of the molecule is Cn1c(=O)c2c(ncn2CC(=O)Nc2cccc([N+](C)=O)c2)n(C)c1=O. The highest BCUT2D eigenvalue weighted by atomic mass is 16.3. The van der Waals surface area contributed by atoms with E-state index in [9.17, 15) is 19.3 Å². The number of anilines is 1. The number of aryl methyl sites for hydroxylation is 1. The minimum atomic E-state index is -0.525. The van der Waals surface area contributed by atoms with Crippen molar-refractivity contribution in [2.75, 3.05) is 12.4 Å². The van der Waals surface area contributed by atoms with E-state index < -0.39 is 17.2 Å². The monoisotopic (exact) mass is 357 g/mol. The van der Waals surface area contributed by atoms with E-state index in [0.717, 1.165) is 4.57 Å². The first-order valence-electron chi connectivity index (χ1n) is 7.71. The lowest BCUT2D eigenvalue weighted by molar-refractivity contribution is -0.428. The van der Waals surface area contributed by atoms with Gasteiger partial charge in [-0.1, -0.05) is 6.07 Å². The van der Waals surface area contributed by atoms with Crippen LogP contribution in [0.15, 0.2) is 40.2 Å². The molecule has 0 aliphatic rings. The summed E-state index contributed by atoms with van der Waals surface area (Å²) in [4.78, 5) is 52.0. The molecule has 0 fully saturated rings. The number of hydrogen-bond donors (Lipinski definition) is 1. The number of imidazole rings is 1. The molecule has 1 amide bonds. The molecule has 3 aromatic rings. The zero-order chi connectivity index (χ0) is 19.0. The van der Waals surface area contributed by atoms with Gasteiger partial charge in [0.15, 0.2) is 18.2 Å². The third-order valence-corrected chi connectivity index (χ3v) is 4.02. The molecule has 26 heavy (non-hydrogen) atoms. The van der Waals surface area contributed by atoms with Crippen molar-refractivity contribution in [2.24, 2.45) is 14.1 Å². The molecular weight excluding hydrogens is 340 g/mol. The van der Waals surface area contributed by atoms with Crippen LogP contribution in [0.25, 0.3) is 11.2 Å². The lowest BCUT2D eigenvalue weighted by atomic mass is 10.2. The maximum atomic E-state index is 12.4. The Balaban J connectivity index is 1.91. The van der Waals surface area contributed by atoms with Crippen LogP contribution >= 0.6 is 0 Å². The predicted octanol–water partition coefficient (Wildman–Crippen LogP) is 0.113. The van der Waals surface area contributed by atoms with Gasteiger partial charge < -0.3 is 9.88 Å². The van der Waals surface area contributed by atoms with Crippen molar-refractivity contribution in [3.05, 3.63) is 56.3 Å². The number of nitroso groups, excluding NO2 is 1. The van der Waals surface area contributed by atoms with Gasteiger partial charge in [0.25, 0.3) is 11.2 Å². The van der Waals surface area contributed by atoms with Crippen LogP contribution in [-0.2, 0) is 25.4 Å². The smallest absolute Gasteiger partial charge is 0.324 e. The van der Waals surface area contributed by atoms with E-state index in [0.29, 0.717) is 16.1 Å². The normalized spacial score (nSPS) is 10.9. The first kappa shape index (κ1) is 17.3. The molecule has 0 unspecified atom stereocenters. The van der Waals surface area contributed by atoms with Crippen molar-refractivity contribution in [3.8, 4) is 0 Å². The molecule has 2 aromatic heterocycles. The van der Waals surface area contributed by atoms with Crippen LogP contribution in [0.4, 0.5) is 11.4 Å². The van der Waals surface area contributed by atoms with E-state index >= 15 is 0 Å². The van der Waals surface area contributed by atoms with Crippen LogP contribution in [-0.4, -0.2) is 36.4 Å². The number of nitrogens with one attached hydrogen (secondary N) is 1. The van der Waals surface area contributed by atoms with Gasteiger partial charge in [0.1, 0.15) is 6.54 Å². The van der Waals surface area contributed by atoms with Crippen LogP contribution in [0.1, 0.15) is 0 Å². The minimum Gasteiger partial charge on any atom is -0.324 e. The molecule has 10 nitrogen and oxygen atoms in total. The van der Waals surface area contributed by atoms with Crippen molar-refractivity contribution in [1.82, 2.24) is 18.7 Å². The highest BCUT2D eigenvalue weighted by Crippen LogP contribution is 2.16. The fraction of sp³-hybridized carbons (Fsp3) is 0.250. The van der Waals surface area contributed by atoms with Crippen LogP contribution in [0.3, 0.4) is 0 Å². The van der Waals surface area contributed by atoms with E-state index in [2.05, 4.69) is 10.3 Å². The molecule has 0 radical (unpaired) electrons. The first-order valence-corrected chi connectivity index (χ1v) is 7.71. The summed E-state index contributed by atoms with van der Waals surface area (Å²) in [6.45, 7) is -0.165. The van der Waals surface area contributed by atoms with Crippen molar-refractivity contribution < 1.29 is 9.55 Å². The van der Waals surface area contributed by atoms with Gasteiger partial charge in [-0.15, -0.1) is 0 Å². The van der Waals surface area contributed by atoms with Crippen LogP contribution in [0.2, 0.25) is 0 Å². The lowest BCUT2D eigenvalue weighted by Crippen LogP contribution is -2.37. The molecule has 0 saturated heterocycles. The summed E-state index contributed by atoms with van der Waals surface area (Å²) in [6.07, 6.45) is 1.34. The summed E-state index contributed by atoms with van der Waals surface area (Å²) in [5, 5.41) is 2.67. The minimum absolute atomic E-state index is 0.165. The Morgan fingerprint density at radius 1 is 1.23 bits per heavy atom. The fourth-order valence-corrected chi connectivity index (χ4v) is 2.65. The van der Waals surface area contributed by atoms with Crippen molar-refractivity contribution >= 4 is 28.4 Å². The second-order valence-corrected chi connectivity index (χ2v) is 5.85. The molecule has 0 saturated carbocycles. The molecule has 1 N–H and O–H groups in total. The standard InChI is InChI=1S/C16H16N6O4/c1-19-14-13(15(24)20(2)16(19)25)22(9-17-14)8-12(23)18-10-5-4-6-11(7-10)21(3)26/h4-7,9H,8H2,1-3H3/p+1. The molecule has 3 rings (SSSR count). The van der Waals surface area contributed by atoms with Crippen LogP contribution in [0, 0.1) is 4.91 Å². The Bertz CT molecular complexity index is 1150. The number of fused-ring (bicyclic) bond motifs is 1. The van der Waals surface area contributed by atoms with Crippen LogP contribution < -0.4 is 16.6 Å². The van der Waals surface area contributed by atoms with Gasteiger partial charge in [-0.3, -0.25) is 18.7 Å². The van der Waals surface area contributed by atoms with Gasteiger partial charge in [0.05, 0.1) is 6.33 Å². The summed E-state index contributed by atoms with van der Waals surface area (Å²) in [5.74, 6) is -0.397. The van der Waals surface area contributed by atoms with E-state index in [1.54, 1.807) is 24.3 Å². The number of aromatic nitrogens is 4. The van der Waals surface area contributed by atoms with Crippen molar-refractivity contribution in [1.29, 1.82) is 0 Å². The molecule has 2 heterocycles. The Morgan fingerprint density at radius 2 is 1.96 bits per heavy atom. The predicted molar refractivity (Wildman–Crippen MR) is 94.5 cm³/mol. The third-order valence-electron chi connectivity index (χ3n) is 4.02. The lowest BCUT2D eigenvalue weighted by Gasteiger charge is -2.08. The first-order chi connectivity index (χ1) is 12.3. The van der Waals surface area contributed by atoms with E-state index in [1.807, 2.05) is 0 Å². The van der Waals surface area contributed by atoms with Gasteiger partial charge in [-0.05, 0) is 6.07 Å². The number of amides is 1. The topological polar surface area (TPSA) is 111 Å². The van der Waals surface area contributed by atoms with Crippen molar-refractivity contribution in [2.45, 2.75) is 6.54 Å². The van der Waals surface area contributed by atoms with Crippen molar-refractivity contribution in [3.63, 3.8) is 0 Å². The Morgan fingerprint density at radius 3 is 2.65 bits per heavy atom. The molecule has 0 atom stereocenters. The van der Waals surface area contributed by atoms with Gasteiger partial charge in [-0.25, -0.2) is 9.78 Å². The second kappa shape index (κ2) is 6.39. The number of carbonyl (C=O) groups excluding carboxylic acids is 1. The Kier molecular flexibility index (Phi) is 4.24. The maximum Gasteiger partial charge on any atom is 0.332 e. The number of nitrogens with zero attached hydrogens (tertiary/aromatic N) is 5. The Hall–Kier alpha value is -3.56. The number of carbonyl (C=O) groups is 1. The van der Waals surface area contributed by atoms with Gasteiger partial charge in [0.2, 0.25) is 5.91 Å². The fourth-order valence-electron chi connectivity index (χ4n) is 2.65. The van der Waals surface area contributed by atoms with E-state index in [4.69, 9.17) is 0 Å². The number of rotatable bonds is 4. The summed E-state index contributed by atoms with van der Waals surface area (Å²) in [5.41, 5.74) is 0.220. The van der Waals surface area contributed by atoms with Gasteiger partial charge in [0, 0.05) is 41.6 Å². The average molecular weight is 357 g/mol. The largest absolute Gasteiger partial charge is 0.332 e. The molecule has 0 spiro atoms. The summed E-state index contributed by atoms with van der Waals surface area (Å²) >= 11 is 0. The maximum absolute atomic E-state index is 12.4. The van der Waals surface area contributed by atoms with Gasteiger partial charge >= 0.3 is 5.69 Å². The van der Waals surface area contributed by atoms with Gasteiger partial charge in [-0.2, -0.15) is 0 Å². The molecule has 0 aliphatic heterocycles. The Labute approximate surface area is 146 Å². The highest BCUT2D eigenvalue weighted by molar-refractivity contribution is 5.91. The number of benzene rings is 1. The zero-order valence-corrected chi connectivity index (χ0v) is 14.5. The summed E-state index contributed by atoms with van der Waals surface area (Å²) < 4.78 is 4.28. The molecule has 0 bridgehead atoms. The molecule has 1 aromatic carbocycles. The molecule has 0 aliphatic carbocycles. The molecular formula is C16H17N6O4+. The zero-order valence-electron chi connectivity index (χ0n) is 14.5. The van der Waals surface area contributed by atoms with E-state index in [-0.39, 0.29) is 17.7 Å². The number of hydrogen-bond acceptors (Lipinski definition) is 5. The van der Waals surface area contributed by atoms with E-state index in [1.165, 1.54) is 36.6 Å². The average Bonchev–Trinajstić information content (AvgIpc) is 3.01.